The van der Waals surface area contributed by atoms with Crippen LogP contribution in [0.15, 0.2) is 53.4 Å². The van der Waals surface area contributed by atoms with Gasteiger partial charge in [-0.15, -0.1) is 0 Å². The number of aryl methyl sites for hydroxylation is 1. The van der Waals surface area contributed by atoms with Gasteiger partial charge in [0.2, 0.25) is 0 Å². The van der Waals surface area contributed by atoms with E-state index >= 15 is 0 Å². The SMILES string of the molecule is CNCCCC(CCCc1nc(Cc2ccccc2)n(-c2ccc([SH2+])cc2F)n1)C1CC1. The van der Waals surface area contributed by atoms with Crippen LogP contribution in [0.2, 0.25) is 0 Å². The monoisotopic (exact) mass is 453 g/mol. The van der Waals surface area contributed by atoms with Gasteiger partial charge in [0.05, 0.1) is 0 Å². The lowest BCUT2D eigenvalue weighted by molar-refractivity contribution is 0.375. The van der Waals surface area contributed by atoms with Crippen LogP contribution >= 0.6 is 0 Å². The lowest BCUT2D eigenvalue weighted by Crippen LogP contribution is -2.11. The first-order chi connectivity index (χ1) is 15.6. The fraction of sp³-hybridized carbons (Fsp3) is 0.462. The Bertz CT molecular complexity index is 1000. The number of aromatic nitrogens is 3. The molecule has 0 saturated heterocycles. The highest BCUT2D eigenvalue weighted by Crippen LogP contribution is 2.41. The normalized spacial score (nSPS) is 14.6. The summed E-state index contributed by atoms with van der Waals surface area (Å²) in [5.74, 6) is 3.02. The Morgan fingerprint density at radius 3 is 2.62 bits per heavy atom. The summed E-state index contributed by atoms with van der Waals surface area (Å²) < 4.78 is 16.4. The third-order valence-electron chi connectivity index (χ3n) is 6.36. The molecule has 0 bridgehead atoms. The fourth-order valence-corrected chi connectivity index (χ4v) is 4.72. The molecule has 32 heavy (non-hydrogen) atoms. The van der Waals surface area contributed by atoms with Gasteiger partial charge in [0.25, 0.3) is 0 Å². The molecule has 6 heteroatoms. The number of nitrogens with zero attached hydrogens (tertiary/aromatic N) is 3. The molecular formula is C26H34FN4S+. The molecule has 1 atom stereocenters. The Kier molecular flexibility index (Phi) is 7.98. The van der Waals surface area contributed by atoms with E-state index < -0.39 is 0 Å². The smallest absolute Gasteiger partial charge is 0.153 e. The number of hydrogen-bond acceptors (Lipinski definition) is 3. The highest BCUT2D eigenvalue weighted by molar-refractivity contribution is 7.58. The van der Waals surface area contributed by atoms with Crippen molar-refractivity contribution in [2.75, 3.05) is 13.6 Å². The maximum Gasteiger partial charge on any atom is 0.153 e. The summed E-state index contributed by atoms with van der Waals surface area (Å²) in [4.78, 5) is 5.55. The molecule has 0 amide bonds. The highest BCUT2D eigenvalue weighted by Gasteiger charge is 2.30. The van der Waals surface area contributed by atoms with Crippen LogP contribution in [-0.4, -0.2) is 28.4 Å². The molecule has 0 radical (unpaired) electrons. The molecule has 3 aromatic rings. The molecule has 1 heterocycles. The van der Waals surface area contributed by atoms with Crippen LogP contribution < -0.4 is 5.32 Å². The maximum atomic E-state index is 14.7. The molecule has 1 saturated carbocycles. The van der Waals surface area contributed by atoms with Gasteiger partial charge in [0.1, 0.15) is 11.5 Å². The number of halogens is 1. The third-order valence-corrected chi connectivity index (χ3v) is 6.68. The molecule has 0 spiro atoms. The van der Waals surface area contributed by atoms with E-state index in [-0.39, 0.29) is 5.82 Å². The van der Waals surface area contributed by atoms with E-state index in [4.69, 9.17) is 10.1 Å². The summed E-state index contributed by atoms with van der Waals surface area (Å²) in [6.07, 6.45) is 9.09. The molecule has 1 unspecified atom stereocenters. The highest BCUT2D eigenvalue weighted by atomic mass is 32.1. The number of benzene rings is 2. The van der Waals surface area contributed by atoms with Gasteiger partial charge in [-0.2, -0.15) is 5.10 Å². The zero-order valence-electron chi connectivity index (χ0n) is 18.9. The van der Waals surface area contributed by atoms with Gasteiger partial charge in [-0.25, -0.2) is 14.1 Å². The van der Waals surface area contributed by atoms with Gasteiger partial charge < -0.3 is 5.32 Å². The minimum atomic E-state index is -0.304. The van der Waals surface area contributed by atoms with Crippen molar-refractivity contribution in [1.29, 1.82) is 0 Å². The van der Waals surface area contributed by atoms with Crippen LogP contribution in [-0.2, 0) is 25.5 Å². The molecule has 170 valence electrons. The second-order valence-corrected chi connectivity index (χ2v) is 9.50. The molecule has 1 aliphatic rings. The van der Waals surface area contributed by atoms with E-state index in [1.54, 1.807) is 10.7 Å². The molecule has 1 fully saturated rings. The largest absolute Gasteiger partial charge is 0.320 e. The van der Waals surface area contributed by atoms with Gasteiger partial charge in [-0.05, 0) is 94.3 Å². The fourth-order valence-electron chi connectivity index (χ4n) is 4.51. The lowest BCUT2D eigenvalue weighted by atomic mass is 9.92. The van der Waals surface area contributed by atoms with E-state index in [2.05, 4.69) is 30.1 Å². The Labute approximate surface area is 196 Å². The Morgan fingerprint density at radius 1 is 1.12 bits per heavy atom. The van der Waals surface area contributed by atoms with Gasteiger partial charge in [0.15, 0.2) is 16.5 Å². The molecule has 1 aromatic heterocycles. The predicted octanol–water partition coefficient (Wildman–Crippen LogP) is 4.72. The predicted molar refractivity (Wildman–Crippen MR) is 131 cm³/mol. The quantitative estimate of drug-likeness (QED) is 0.319. The minimum absolute atomic E-state index is 0.304. The molecule has 4 nitrogen and oxygen atoms in total. The van der Waals surface area contributed by atoms with Gasteiger partial charge >= 0.3 is 0 Å². The molecule has 1 N–H and O–H groups in total. The average molecular weight is 454 g/mol. The Hall–Kier alpha value is -2.18. The summed E-state index contributed by atoms with van der Waals surface area (Å²) in [5, 5.41) is 8.00. The van der Waals surface area contributed by atoms with Crippen molar-refractivity contribution >= 4 is 12.6 Å². The second-order valence-electron chi connectivity index (χ2n) is 8.92. The maximum absolute atomic E-state index is 14.7. The van der Waals surface area contributed by atoms with Crippen molar-refractivity contribution in [3.05, 3.63) is 71.6 Å². The van der Waals surface area contributed by atoms with Gasteiger partial charge in [0, 0.05) is 18.9 Å². The first-order valence-electron chi connectivity index (χ1n) is 11.8. The van der Waals surface area contributed by atoms with Crippen molar-refractivity contribution < 1.29 is 4.39 Å². The van der Waals surface area contributed by atoms with Gasteiger partial charge in [-0.3, -0.25) is 0 Å². The molecule has 1 aliphatic carbocycles. The summed E-state index contributed by atoms with van der Waals surface area (Å²) in [6.45, 7) is 1.09. The van der Waals surface area contributed by atoms with E-state index in [0.717, 1.165) is 48.4 Å². The average Bonchev–Trinajstić information content (AvgIpc) is 3.56. The Balaban J connectivity index is 1.48. The summed E-state index contributed by atoms with van der Waals surface area (Å²) in [7, 11) is 2.02. The van der Waals surface area contributed by atoms with E-state index in [0.29, 0.717) is 17.0 Å². The van der Waals surface area contributed by atoms with E-state index in [1.807, 2.05) is 31.3 Å². The molecule has 0 aliphatic heterocycles. The van der Waals surface area contributed by atoms with Crippen molar-refractivity contribution in [2.45, 2.75) is 56.3 Å². The van der Waals surface area contributed by atoms with Crippen molar-refractivity contribution in [3.8, 4) is 5.69 Å². The summed E-state index contributed by atoms with van der Waals surface area (Å²) >= 11 is 3.40. The number of nitrogens with one attached hydrogen (secondary N) is 1. The number of hydrogen-bond donors (Lipinski definition) is 1. The van der Waals surface area contributed by atoms with E-state index in [1.165, 1.54) is 38.2 Å². The second kappa shape index (κ2) is 11.1. The van der Waals surface area contributed by atoms with Crippen molar-refractivity contribution in [3.63, 3.8) is 0 Å². The Morgan fingerprint density at radius 2 is 1.91 bits per heavy atom. The van der Waals surface area contributed by atoms with Crippen molar-refractivity contribution in [2.24, 2.45) is 11.8 Å². The van der Waals surface area contributed by atoms with Crippen LogP contribution in [0.5, 0.6) is 0 Å². The third kappa shape index (κ3) is 6.20. The zero-order chi connectivity index (χ0) is 22.3. The standard InChI is InChI=1S/C26H33FN4S/c1-28-16-6-10-20(21-12-13-21)9-5-11-25-29-26(17-19-7-3-2-4-8-19)31(30-25)24-15-14-22(32)18-23(24)27/h2-4,7-8,14-15,18,20-21,28,32H,5-6,9-13,16-17H2,1H3/p+1. The van der Waals surface area contributed by atoms with Crippen LogP contribution in [0.25, 0.3) is 5.69 Å². The lowest BCUT2D eigenvalue weighted by Gasteiger charge is -2.15. The number of rotatable bonds is 12. The molecule has 2 aromatic carbocycles. The van der Waals surface area contributed by atoms with Crippen LogP contribution in [0.1, 0.15) is 55.7 Å². The van der Waals surface area contributed by atoms with Crippen LogP contribution in [0.4, 0.5) is 4.39 Å². The topological polar surface area (TPSA) is 42.7 Å². The first-order valence-corrected chi connectivity index (χ1v) is 12.3. The van der Waals surface area contributed by atoms with Crippen LogP contribution in [0, 0.1) is 17.7 Å². The molecule has 4 rings (SSSR count). The summed E-state index contributed by atoms with van der Waals surface area (Å²) in [6, 6.07) is 15.3. The van der Waals surface area contributed by atoms with Gasteiger partial charge in [-0.1, -0.05) is 30.3 Å². The van der Waals surface area contributed by atoms with Crippen molar-refractivity contribution in [1.82, 2.24) is 20.1 Å². The molecular weight excluding hydrogens is 419 g/mol. The summed E-state index contributed by atoms with van der Waals surface area (Å²) in [5.41, 5.74) is 1.59. The zero-order valence-corrected chi connectivity index (χ0v) is 19.9. The van der Waals surface area contributed by atoms with Crippen LogP contribution in [0.3, 0.4) is 0 Å². The minimum Gasteiger partial charge on any atom is -0.320 e. The first kappa shape index (κ1) is 23.0. The van der Waals surface area contributed by atoms with E-state index in [9.17, 15) is 4.39 Å².